The molecule has 1 amide bonds. The monoisotopic (exact) mass is 277 g/mol. The quantitative estimate of drug-likeness (QED) is 0.830. The predicted octanol–water partition coefficient (Wildman–Crippen LogP) is 4.00. The first kappa shape index (κ1) is 14.4. The summed E-state index contributed by atoms with van der Waals surface area (Å²) in [4.78, 5) is 12.6. The molecule has 5 atom stereocenters. The Morgan fingerprint density at radius 1 is 1.00 bits per heavy atom. The normalized spacial score (nSPS) is 41.3. The van der Waals surface area contributed by atoms with E-state index in [0.29, 0.717) is 29.7 Å². The van der Waals surface area contributed by atoms with Crippen LogP contribution in [0.2, 0.25) is 0 Å². The SMILES string of the molecule is CC(C)[C@@H]1CCC(C)[C@H]2C1[C@H]2C(=O)NC1CCCCC1. The van der Waals surface area contributed by atoms with Crippen LogP contribution in [0.4, 0.5) is 0 Å². The lowest BCUT2D eigenvalue weighted by atomic mass is 9.77. The summed E-state index contributed by atoms with van der Waals surface area (Å²) in [6, 6.07) is 0.478. The Hall–Kier alpha value is -0.530. The Morgan fingerprint density at radius 3 is 2.35 bits per heavy atom. The molecule has 0 aromatic carbocycles. The molecule has 2 nitrogen and oxygen atoms in total. The van der Waals surface area contributed by atoms with Gasteiger partial charge in [-0.25, -0.2) is 0 Å². The molecule has 3 aliphatic rings. The lowest BCUT2D eigenvalue weighted by Crippen LogP contribution is -2.38. The number of nitrogens with one attached hydrogen (secondary N) is 1. The van der Waals surface area contributed by atoms with Gasteiger partial charge in [-0.1, -0.05) is 46.5 Å². The molecule has 0 aromatic heterocycles. The van der Waals surface area contributed by atoms with Crippen LogP contribution in [0.5, 0.6) is 0 Å². The second-order valence-electron chi connectivity index (χ2n) is 7.99. The molecule has 3 rings (SSSR count). The molecule has 0 aliphatic heterocycles. The number of hydrogen-bond donors (Lipinski definition) is 1. The van der Waals surface area contributed by atoms with Crippen LogP contribution in [-0.4, -0.2) is 11.9 Å². The Labute approximate surface area is 124 Å². The lowest BCUT2D eigenvalue weighted by Gasteiger charge is -2.28. The zero-order valence-corrected chi connectivity index (χ0v) is 13.4. The van der Waals surface area contributed by atoms with E-state index >= 15 is 0 Å². The maximum atomic E-state index is 12.6. The van der Waals surface area contributed by atoms with Crippen molar-refractivity contribution in [2.45, 2.75) is 71.8 Å². The van der Waals surface area contributed by atoms with Gasteiger partial charge < -0.3 is 5.32 Å². The molecule has 0 spiro atoms. The van der Waals surface area contributed by atoms with Crippen molar-refractivity contribution < 1.29 is 4.79 Å². The highest BCUT2D eigenvalue weighted by Crippen LogP contribution is 2.62. The smallest absolute Gasteiger partial charge is 0.223 e. The molecular formula is C18H31NO. The standard InChI is InChI=1S/C18H31NO/c1-11(2)14-10-9-12(3)15-16(14)17(15)18(20)19-13-7-5-4-6-8-13/h11-17H,4-10H2,1-3H3,(H,19,20)/t12?,14-,15-,16?,17-/m0/s1. The van der Waals surface area contributed by atoms with E-state index in [2.05, 4.69) is 26.1 Å². The molecule has 3 fully saturated rings. The van der Waals surface area contributed by atoms with Gasteiger partial charge in [0.2, 0.25) is 5.91 Å². The fourth-order valence-corrected chi connectivity index (χ4v) is 5.16. The third-order valence-electron chi connectivity index (χ3n) is 6.35. The largest absolute Gasteiger partial charge is 0.353 e. The van der Waals surface area contributed by atoms with Crippen molar-refractivity contribution in [3.8, 4) is 0 Å². The summed E-state index contributed by atoms with van der Waals surface area (Å²) in [5.41, 5.74) is 0. The van der Waals surface area contributed by atoms with Gasteiger partial charge in [0.1, 0.15) is 0 Å². The lowest BCUT2D eigenvalue weighted by molar-refractivity contribution is -0.124. The summed E-state index contributed by atoms with van der Waals surface area (Å²) in [5, 5.41) is 3.38. The minimum atomic E-state index is 0.349. The van der Waals surface area contributed by atoms with Crippen molar-refractivity contribution in [1.29, 1.82) is 0 Å². The molecule has 0 heterocycles. The summed E-state index contributed by atoms with van der Waals surface area (Å²) < 4.78 is 0. The average molecular weight is 277 g/mol. The second-order valence-corrected chi connectivity index (χ2v) is 7.99. The van der Waals surface area contributed by atoms with Gasteiger partial charge in [0, 0.05) is 12.0 Å². The number of rotatable bonds is 3. The second kappa shape index (κ2) is 5.69. The number of carbonyl (C=O) groups excluding carboxylic acids is 1. The molecular weight excluding hydrogens is 246 g/mol. The summed E-state index contributed by atoms with van der Waals surface area (Å²) in [6.07, 6.45) is 9.03. The van der Waals surface area contributed by atoms with Gasteiger partial charge in [-0.3, -0.25) is 4.79 Å². The van der Waals surface area contributed by atoms with Crippen molar-refractivity contribution in [3.05, 3.63) is 0 Å². The van der Waals surface area contributed by atoms with Gasteiger partial charge in [0.25, 0.3) is 0 Å². The Balaban J connectivity index is 1.60. The van der Waals surface area contributed by atoms with Gasteiger partial charge in [-0.2, -0.15) is 0 Å². The molecule has 0 radical (unpaired) electrons. The maximum Gasteiger partial charge on any atom is 0.223 e. The van der Waals surface area contributed by atoms with Crippen LogP contribution in [0.3, 0.4) is 0 Å². The van der Waals surface area contributed by atoms with Gasteiger partial charge in [0.15, 0.2) is 0 Å². The fraction of sp³-hybridized carbons (Fsp3) is 0.944. The first-order chi connectivity index (χ1) is 9.59. The van der Waals surface area contributed by atoms with Gasteiger partial charge in [0.05, 0.1) is 0 Å². The van der Waals surface area contributed by atoms with Crippen molar-refractivity contribution in [2.75, 3.05) is 0 Å². The van der Waals surface area contributed by atoms with Gasteiger partial charge in [-0.15, -0.1) is 0 Å². The Morgan fingerprint density at radius 2 is 1.70 bits per heavy atom. The number of carbonyl (C=O) groups is 1. The zero-order valence-electron chi connectivity index (χ0n) is 13.4. The van der Waals surface area contributed by atoms with Crippen molar-refractivity contribution >= 4 is 5.91 Å². The number of amides is 1. The molecule has 0 bridgehead atoms. The highest BCUT2D eigenvalue weighted by molar-refractivity contribution is 5.82. The Bertz CT molecular complexity index is 358. The molecule has 20 heavy (non-hydrogen) atoms. The Kier molecular flexibility index (Phi) is 4.10. The topological polar surface area (TPSA) is 29.1 Å². The van der Waals surface area contributed by atoms with Crippen LogP contribution in [-0.2, 0) is 4.79 Å². The molecule has 114 valence electrons. The molecule has 0 saturated heterocycles. The van der Waals surface area contributed by atoms with E-state index < -0.39 is 0 Å². The van der Waals surface area contributed by atoms with Gasteiger partial charge in [-0.05, 0) is 48.9 Å². The summed E-state index contributed by atoms with van der Waals surface area (Å²) in [5.74, 6) is 4.42. The van der Waals surface area contributed by atoms with Crippen LogP contribution in [0.25, 0.3) is 0 Å². The third kappa shape index (κ3) is 2.63. The van der Waals surface area contributed by atoms with Crippen LogP contribution in [0.15, 0.2) is 0 Å². The van der Waals surface area contributed by atoms with E-state index in [1.54, 1.807) is 0 Å². The van der Waals surface area contributed by atoms with Crippen LogP contribution in [0.1, 0.15) is 65.7 Å². The summed E-state index contributed by atoms with van der Waals surface area (Å²) in [6.45, 7) is 7.04. The van der Waals surface area contributed by atoms with Crippen molar-refractivity contribution in [1.82, 2.24) is 5.32 Å². The van der Waals surface area contributed by atoms with Crippen LogP contribution >= 0.6 is 0 Å². The highest BCUT2D eigenvalue weighted by Gasteiger charge is 2.61. The fourth-order valence-electron chi connectivity index (χ4n) is 5.16. The van der Waals surface area contributed by atoms with E-state index in [1.807, 2.05) is 0 Å². The maximum absolute atomic E-state index is 12.6. The zero-order chi connectivity index (χ0) is 14.3. The van der Waals surface area contributed by atoms with E-state index in [0.717, 1.165) is 17.8 Å². The van der Waals surface area contributed by atoms with E-state index in [1.165, 1.54) is 44.9 Å². The van der Waals surface area contributed by atoms with Crippen molar-refractivity contribution in [3.63, 3.8) is 0 Å². The van der Waals surface area contributed by atoms with Gasteiger partial charge >= 0.3 is 0 Å². The number of hydrogen-bond acceptors (Lipinski definition) is 1. The van der Waals surface area contributed by atoms with Crippen LogP contribution in [0, 0.1) is 35.5 Å². The number of fused-ring (bicyclic) bond motifs is 1. The molecule has 1 N–H and O–H groups in total. The molecule has 2 heteroatoms. The van der Waals surface area contributed by atoms with Crippen LogP contribution < -0.4 is 5.32 Å². The molecule has 2 unspecified atom stereocenters. The minimum Gasteiger partial charge on any atom is -0.353 e. The highest BCUT2D eigenvalue weighted by atomic mass is 16.2. The summed E-state index contributed by atoms with van der Waals surface area (Å²) >= 11 is 0. The van der Waals surface area contributed by atoms with E-state index in [9.17, 15) is 4.79 Å². The minimum absolute atomic E-state index is 0.349. The molecule has 0 aromatic rings. The molecule has 3 aliphatic carbocycles. The first-order valence-electron chi connectivity index (χ1n) is 8.90. The first-order valence-corrected chi connectivity index (χ1v) is 8.90. The van der Waals surface area contributed by atoms with E-state index in [-0.39, 0.29) is 0 Å². The predicted molar refractivity (Wildman–Crippen MR) is 82.2 cm³/mol. The van der Waals surface area contributed by atoms with Crippen molar-refractivity contribution in [2.24, 2.45) is 35.5 Å². The van der Waals surface area contributed by atoms with E-state index in [4.69, 9.17) is 0 Å². The average Bonchev–Trinajstić information content (AvgIpc) is 3.16. The third-order valence-corrected chi connectivity index (χ3v) is 6.35. The molecule has 3 saturated carbocycles. The summed E-state index contributed by atoms with van der Waals surface area (Å²) in [7, 11) is 0.